The maximum Gasteiger partial charge on any atom is 0.264 e. The SMILES string of the molecule is COc1ccc(S(=O)(=O)N(CC(=O)NCCSCc2ccc(Cl)cc2Cl)c2ccccc2F)cc1. The van der Waals surface area contributed by atoms with E-state index in [4.69, 9.17) is 27.9 Å². The molecule has 0 aliphatic rings. The number of methoxy groups -OCH3 is 1. The van der Waals surface area contributed by atoms with Crippen LogP contribution in [-0.2, 0) is 20.6 Å². The summed E-state index contributed by atoms with van der Waals surface area (Å²) in [6.45, 7) is -0.286. The van der Waals surface area contributed by atoms with Crippen molar-refractivity contribution in [2.45, 2.75) is 10.6 Å². The van der Waals surface area contributed by atoms with Gasteiger partial charge in [0.15, 0.2) is 0 Å². The molecule has 6 nitrogen and oxygen atoms in total. The Bertz CT molecular complexity index is 1270. The van der Waals surface area contributed by atoms with Gasteiger partial charge in [-0.25, -0.2) is 12.8 Å². The van der Waals surface area contributed by atoms with Crippen molar-refractivity contribution < 1.29 is 22.3 Å². The van der Waals surface area contributed by atoms with Crippen LogP contribution in [0.25, 0.3) is 0 Å². The second-order valence-corrected chi connectivity index (χ2v) is 11.1. The average molecular weight is 557 g/mol. The number of hydrogen-bond acceptors (Lipinski definition) is 5. The zero-order valence-electron chi connectivity index (χ0n) is 18.7. The van der Waals surface area contributed by atoms with E-state index >= 15 is 0 Å². The fourth-order valence-corrected chi connectivity index (χ4v) is 5.94. The van der Waals surface area contributed by atoms with Crippen LogP contribution in [0.15, 0.2) is 71.6 Å². The minimum Gasteiger partial charge on any atom is -0.497 e. The molecule has 0 spiro atoms. The van der Waals surface area contributed by atoms with Crippen molar-refractivity contribution >= 4 is 56.6 Å². The third kappa shape index (κ3) is 7.27. The van der Waals surface area contributed by atoms with E-state index in [1.165, 1.54) is 49.6 Å². The highest BCUT2D eigenvalue weighted by atomic mass is 35.5. The van der Waals surface area contributed by atoms with Crippen molar-refractivity contribution in [1.82, 2.24) is 5.32 Å². The highest BCUT2D eigenvalue weighted by molar-refractivity contribution is 7.98. The first-order valence-corrected chi connectivity index (χ1v) is 13.8. The van der Waals surface area contributed by atoms with Crippen molar-refractivity contribution in [3.8, 4) is 5.75 Å². The van der Waals surface area contributed by atoms with Gasteiger partial charge in [0.1, 0.15) is 18.1 Å². The van der Waals surface area contributed by atoms with Gasteiger partial charge in [-0.05, 0) is 54.1 Å². The zero-order valence-corrected chi connectivity index (χ0v) is 21.9. The molecule has 0 fully saturated rings. The lowest BCUT2D eigenvalue weighted by atomic mass is 10.2. The Kier molecular flexibility index (Phi) is 9.68. The molecule has 0 radical (unpaired) electrons. The Labute approximate surface area is 218 Å². The van der Waals surface area contributed by atoms with Gasteiger partial charge in [0.05, 0.1) is 17.7 Å². The van der Waals surface area contributed by atoms with Crippen LogP contribution < -0.4 is 14.4 Å². The molecular formula is C24H23Cl2FN2O4S2. The van der Waals surface area contributed by atoms with Crippen LogP contribution in [-0.4, -0.2) is 40.3 Å². The summed E-state index contributed by atoms with van der Waals surface area (Å²) in [6.07, 6.45) is 0. The number of amides is 1. The highest BCUT2D eigenvalue weighted by Gasteiger charge is 2.29. The van der Waals surface area contributed by atoms with Gasteiger partial charge in [-0.3, -0.25) is 9.10 Å². The van der Waals surface area contributed by atoms with Gasteiger partial charge in [-0.1, -0.05) is 41.4 Å². The van der Waals surface area contributed by atoms with E-state index < -0.39 is 28.3 Å². The maximum absolute atomic E-state index is 14.5. The summed E-state index contributed by atoms with van der Waals surface area (Å²) in [5.74, 6) is 0.342. The second kappa shape index (κ2) is 12.5. The monoisotopic (exact) mass is 556 g/mol. The third-order valence-corrected chi connectivity index (χ3v) is 8.27. The standard InChI is InChI=1S/C24H23Cl2FN2O4S2/c1-33-19-8-10-20(11-9-19)35(31,32)29(23-5-3-2-4-22(23)27)15-24(30)28-12-13-34-16-17-6-7-18(25)14-21(17)26/h2-11,14H,12-13,15-16H2,1H3,(H,28,30). The van der Waals surface area contributed by atoms with E-state index in [-0.39, 0.29) is 10.6 Å². The zero-order chi connectivity index (χ0) is 25.4. The van der Waals surface area contributed by atoms with Crippen LogP contribution in [0.3, 0.4) is 0 Å². The Morgan fingerprint density at radius 2 is 1.80 bits per heavy atom. The lowest BCUT2D eigenvalue weighted by Gasteiger charge is -2.24. The van der Waals surface area contributed by atoms with E-state index in [1.807, 2.05) is 6.07 Å². The van der Waals surface area contributed by atoms with E-state index in [9.17, 15) is 17.6 Å². The lowest BCUT2D eigenvalue weighted by Crippen LogP contribution is -2.41. The summed E-state index contributed by atoms with van der Waals surface area (Å²) in [7, 11) is -2.77. The molecule has 1 amide bonds. The average Bonchev–Trinajstić information content (AvgIpc) is 2.84. The quantitative estimate of drug-likeness (QED) is 0.320. The van der Waals surface area contributed by atoms with Crippen LogP contribution >= 0.6 is 35.0 Å². The largest absolute Gasteiger partial charge is 0.497 e. The Morgan fingerprint density at radius 1 is 1.09 bits per heavy atom. The first-order chi connectivity index (χ1) is 16.7. The number of halogens is 3. The molecule has 0 saturated heterocycles. The fraction of sp³-hybridized carbons (Fsp3) is 0.208. The number of anilines is 1. The van der Waals surface area contributed by atoms with Gasteiger partial charge in [0.2, 0.25) is 5.91 Å². The molecule has 0 heterocycles. The molecule has 0 unspecified atom stereocenters. The number of sulfonamides is 1. The number of nitrogens with one attached hydrogen (secondary N) is 1. The normalized spacial score (nSPS) is 11.2. The maximum atomic E-state index is 14.5. The number of ether oxygens (including phenoxy) is 1. The predicted molar refractivity (Wildman–Crippen MR) is 140 cm³/mol. The lowest BCUT2D eigenvalue weighted by molar-refractivity contribution is -0.119. The Morgan fingerprint density at radius 3 is 2.46 bits per heavy atom. The van der Waals surface area contributed by atoms with Crippen molar-refractivity contribution in [3.05, 3.63) is 88.2 Å². The number of carbonyl (C=O) groups excluding carboxylic acids is 1. The fourth-order valence-electron chi connectivity index (χ4n) is 3.10. The number of carbonyl (C=O) groups is 1. The van der Waals surface area contributed by atoms with Crippen LogP contribution in [0.5, 0.6) is 5.75 Å². The number of thioether (sulfide) groups is 1. The molecule has 3 aromatic carbocycles. The second-order valence-electron chi connectivity index (χ2n) is 7.28. The molecule has 0 aliphatic heterocycles. The minimum atomic E-state index is -4.23. The number of benzene rings is 3. The van der Waals surface area contributed by atoms with Gasteiger partial charge in [0.25, 0.3) is 10.0 Å². The molecule has 11 heteroatoms. The molecular weight excluding hydrogens is 534 g/mol. The van der Waals surface area contributed by atoms with Gasteiger partial charge in [-0.2, -0.15) is 11.8 Å². The van der Waals surface area contributed by atoms with Crippen LogP contribution in [0.1, 0.15) is 5.56 Å². The summed E-state index contributed by atoms with van der Waals surface area (Å²) in [6, 6.07) is 16.3. The topological polar surface area (TPSA) is 75.7 Å². The van der Waals surface area contributed by atoms with E-state index in [2.05, 4.69) is 5.32 Å². The van der Waals surface area contributed by atoms with Gasteiger partial charge >= 0.3 is 0 Å². The highest BCUT2D eigenvalue weighted by Crippen LogP contribution is 2.27. The summed E-state index contributed by atoms with van der Waals surface area (Å²) in [4.78, 5) is 12.5. The number of para-hydroxylation sites is 1. The molecule has 186 valence electrons. The number of nitrogens with zero attached hydrogens (tertiary/aromatic N) is 1. The molecule has 3 aromatic rings. The smallest absolute Gasteiger partial charge is 0.264 e. The predicted octanol–water partition coefficient (Wildman–Crippen LogP) is 5.39. The third-order valence-electron chi connectivity index (χ3n) is 4.90. The minimum absolute atomic E-state index is 0.0928. The molecule has 0 atom stereocenters. The summed E-state index contributed by atoms with van der Waals surface area (Å²) in [5.41, 5.74) is 0.703. The summed E-state index contributed by atoms with van der Waals surface area (Å²) in [5, 5.41) is 3.82. The van der Waals surface area contributed by atoms with Crippen molar-refractivity contribution in [1.29, 1.82) is 0 Å². The van der Waals surface area contributed by atoms with E-state index in [0.29, 0.717) is 33.8 Å². The molecule has 1 N–H and O–H groups in total. The van der Waals surface area contributed by atoms with E-state index in [1.54, 1.807) is 23.9 Å². The molecule has 3 rings (SSSR count). The summed E-state index contributed by atoms with van der Waals surface area (Å²) >= 11 is 13.6. The number of rotatable bonds is 11. The molecule has 0 aromatic heterocycles. The molecule has 0 bridgehead atoms. The summed E-state index contributed by atoms with van der Waals surface area (Å²) < 4.78 is 47.0. The van der Waals surface area contributed by atoms with Crippen LogP contribution in [0.2, 0.25) is 10.0 Å². The van der Waals surface area contributed by atoms with Crippen molar-refractivity contribution in [2.75, 3.05) is 30.3 Å². The molecule has 0 aliphatic carbocycles. The number of hydrogen-bond donors (Lipinski definition) is 1. The first kappa shape index (κ1) is 27.1. The van der Waals surface area contributed by atoms with Gasteiger partial charge in [-0.15, -0.1) is 0 Å². The van der Waals surface area contributed by atoms with Gasteiger partial charge in [0, 0.05) is 28.1 Å². The van der Waals surface area contributed by atoms with Gasteiger partial charge < -0.3 is 10.1 Å². The van der Waals surface area contributed by atoms with Crippen molar-refractivity contribution in [2.24, 2.45) is 0 Å². The van der Waals surface area contributed by atoms with Crippen molar-refractivity contribution in [3.63, 3.8) is 0 Å². The van der Waals surface area contributed by atoms with E-state index in [0.717, 1.165) is 15.9 Å². The molecule has 0 saturated carbocycles. The Balaban J connectivity index is 1.66. The first-order valence-electron chi connectivity index (χ1n) is 10.4. The van der Waals surface area contributed by atoms with Crippen LogP contribution in [0, 0.1) is 5.82 Å². The molecule has 35 heavy (non-hydrogen) atoms. The Hall–Kier alpha value is -2.46. The van der Waals surface area contributed by atoms with Crippen LogP contribution in [0.4, 0.5) is 10.1 Å².